The third kappa shape index (κ3) is 6.58. The van der Waals surface area contributed by atoms with Crippen molar-refractivity contribution in [3.8, 4) is 0 Å². The van der Waals surface area contributed by atoms with E-state index in [1.54, 1.807) is 19.2 Å². The summed E-state index contributed by atoms with van der Waals surface area (Å²) in [6.07, 6.45) is 0. The molecule has 1 rings (SSSR count). The molecule has 0 aromatic heterocycles. The zero-order valence-electron chi connectivity index (χ0n) is 10.5. The first-order chi connectivity index (χ1) is 8.63. The van der Waals surface area contributed by atoms with Gasteiger partial charge >= 0.3 is 0 Å². The highest BCUT2D eigenvalue weighted by molar-refractivity contribution is 5.85. The van der Waals surface area contributed by atoms with Gasteiger partial charge in [0.25, 0.3) is 5.69 Å². The summed E-state index contributed by atoms with van der Waals surface area (Å²) in [5, 5.41) is 18.9. The van der Waals surface area contributed by atoms with Gasteiger partial charge in [-0.2, -0.15) is 0 Å². The van der Waals surface area contributed by atoms with Gasteiger partial charge in [-0.25, -0.2) is 0 Å². The summed E-state index contributed by atoms with van der Waals surface area (Å²) in [7, 11) is 1.70. The van der Waals surface area contributed by atoms with Crippen molar-refractivity contribution in [2.75, 3.05) is 32.0 Å². The lowest BCUT2D eigenvalue weighted by molar-refractivity contribution is -0.384. The van der Waals surface area contributed by atoms with Crippen LogP contribution in [-0.4, -0.2) is 37.5 Å². The molecule has 0 saturated heterocycles. The van der Waals surface area contributed by atoms with Crippen LogP contribution in [0.25, 0.3) is 0 Å². The third-order valence-electron chi connectivity index (χ3n) is 2.19. The lowest BCUT2D eigenvalue weighted by atomic mass is 10.3. The lowest BCUT2D eigenvalue weighted by Gasteiger charge is -2.07. The monoisotopic (exact) mass is 288 g/mol. The summed E-state index contributed by atoms with van der Waals surface area (Å²) in [4.78, 5) is 21.1. The molecule has 1 aromatic rings. The zero-order chi connectivity index (χ0) is 13.4. The normalized spacial score (nSPS) is 9.32. The van der Waals surface area contributed by atoms with Crippen molar-refractivity contribution >= 4 is 29.7 Å². The standard InChI is InChI=1S/C11H16N4O3.ClH/c1-12-8-11(16)14-7-6-13-9-2-4-10(5-3-9)15(17)18;/h2-5,12-13H,6-8H2,1H3,(H,14,16);1H. The third-order valence-corrected chi connectivity index (χ3v) is 2.19. The summed E-state index contributed by atoms with van der Waals surface area (Å²) in [5.74, 6) is -0.0667. The van der Waals surface area contributed by atoms with Gasteiger partial charge in [-0.3, -0.25) is 14.9 Å². The Kier molecular flexibility index (Phi) is 8.23. The number of nitro benzene ring substituents is 1. The molecular formula is C11H17ClN4O3. The molecule has 3 N–H and O–H groups in total. The van der Waals surface area contributed by atoms with Crippen LogP contribution in [0.2, 0.25) is 0 Å². The molecule has 0 atom stereocenters. The van der Waals surface area contributed by atoms with Crippen molar-refractivity contribution in [3.63, 3.8) is 0 Å². The number of carbonyl (C=O) groups is 1. The van der Waals surface area contributed by atoms with Crippen LogP contribution in [-0.2, 0) is 4.79 Å². The van der Waals surface area contributed by atoms with Crippen LogP contribution in [0.15, 0.2) is 24.3 Å². The van der Waals surface area contributed by atoms with Gasteiger partial charge in [0.05, 0.1) is 11.5 Å². The van der Waals surface area contributed by atoms with Crippen LogP contribution >= 0.6 is 12.4 Å². The van der Waals surface area contributed by atoms with E-state index in [1.807, 2.05) is 0 Å². The molecule has 0 aliphatic heterocycles. The van der Waals surface area contributed by atoms with E-state index in [-0.39, 0.29) is 30.5 Å². The number of halogens is 1. The second-order valence-electron chi connectivity index (χ2n) is 3.61. The van der Waals surface area contributed by atoms with Crippen molar-refractivity contribution in [3.05, 3.63) is 34.4 Å². The second-order valence-corrected chi connectivity index (χ2v) is 3.61. The van der Waals surface area contributed by atoms with Gasteiger partial charge in [-0.1, -0.05) is 0 Å². The van der Waals surface area contributed by atoms with E-state index in [4.69, 9.17) is 0 Å². The van der Waals surface area contributed by atoms with Crippen molar-refractivity contribution in [1.29, 1.82) is 0 Å². The van der Waals surface area contributed by atoms with Crippen molar-refractivity contribution < 1.29 is 9.72 Å². The van der Waals surface area contributed by atoms with Crippen molar-refractivity contribution in [1.82, 2.24) is 10.6 Å². The number of carbonyl (C=O) groups excluding carboxylic acids is 1. The number of amides is 1. The van der Waals surface area contributed by atoms with E-state index in [0.717, 1.165) is 5.69 Å². The predicted octanol–water partition coefficient (Wildman–Crippen LogP) is 0.764. The fourth-order valence-corrected chi connectivity index (χ4v) is 1.33. The second kappa shape index (κ2) is 9.12. The fraction of sp³-hybridized carbons (Fsp3) is 0.364. The van der Waals surface area contributed by atoms with Crippen LogP contribution < -0.4 is 16.0 Å². The number of benzene rings is 1. The molecule has 7 nitrogen and oxygen atoms in total. The maximum absolute atomic E-state index is 11.1. The number of hydrogen-bond acceptors (Lipinski definition) is 5. The van der Waals surface area contributed by atoms with Gasteiger partial charge in [0.2, 0.25) is 5.91 Å². The first-order valence-electron chi connectivity index (χ1n) is 5.53. The summed E-state index contributed by atoms with van der Waals surface area (Å²) in [6, 6.07) is 6.13. The number of anilines is 1. The molecule has 0 aliphatic carbocycles. The van der Waals surface area contributed by atoms with Crippen LogP contribution in [0.5, 0.6) is 0 Å². The van der Waals surface area contributed by atoms with Crippen LogP contribution in [0.1, 0.15) is 0 Å². The summed E-state index contributed by atoms with van der Waals surface area (Å²) >= 11 is 0. The zero-order valence-corrected chi connectivity index (χ0v) is 11.3. The topological polar surface area (TPSA) is 96.3 Å². The van der Waals surface area contributed by atoms with Crippen LogP contribution in [0.3, 0.4) is 0 Å². The average molecular weight is 289 g/mol. The first-order valence-corrected chi connectivity index (χ1v) is 5.53. The van der Waals surface area contributed by atoms with E-state index in [9.17, 15) is 14.9 Å². The Hall–Kier alpha value is -1.86. The van der Waals surface area contributed by atoms with Crippen molar-refractivity contribution in [2.24, 2.45) is 0 Å². The number of nitro groups is 1. The average Bonchev–Trinajstić information content (AvgIpc) is 2.35. The quantitative estimate of drug-likeness (QED) is 0.391. The largest absolute Gasteiger partial charge is 0.383 e. The molecule has 0 saturated carbocycles. The molecule has 1 amide bonds. The van der Waals surface area contributed by atoms with Crippen LogP contribution in [0, 0.1) is 10.1 Å². The van der Waals surface area contributed by atoms with Gasteiger partial charge in [-0.15, -0.1) is 12.4 Å². The van der Waals surface area contributed by atoms with Crippen molar-refractivity contribution in [2.45, 2.75) is 0 Å². The van der Waals surface area contributed by atoms with E-state index >= 15 is 0 Å². The summed E-state index contributed by atoms with van der Waals surface area (Å²) < 4.78 is 0. The molecule has 0 spiro atoms. The van der Waals surface area contributed by atoms with Gasteiger partial charge in [0.15, 0.2) is 0 Å². The minimum Gasteiger partial charge on any atom is -0.383 e. The molecular weight excluding hydrogens is 272 g/mol. The predicted molar refractivity (Wildman–Crippen MR) is 75.8 cm³/mol. The number of likely N-dealkylation sites (N-methyl/N-ethyl adjacent to an activating group) is 1. The van der Waals surface area contributed by atoms with E-state index in [1.165, 1.54) is 12.1 Å². The van der Waals surface area contributed by atoms with E-state index in [2.05, 4.69) is 16.0 Å². The van der Waals surface area contributed by atoms with Crippen LogP contribution in [0.4, 0.5) is 11.4 Å². The highest BCUT2D eigenvalue weighted by Gasteiger charge is 2.03. The molecule has 19 heavy (non-hydrogen) atoms. The maximum atomic E-state index is 11.1. The Balaban J connectivity index is 0.00000324. The number of nitrogens with one attached hydrogen (secondary N) is 3. The molecule has 0 aliphatic rings. The Morgan fingerprint density at radius 3 is 2.42 bits per heavy atom. The van der Waals surface area contributed by atoms with E-state index in [0.29, 0.717) is 13.1 Å². The fourth-order valence-electron chi connectivity index (χ4n) is 1.33. The minimum absolute atomic E-state index is 0. The smallest absolute Gasteiger partial charge is 0.269 e. The van der Waals surface area contributed by atoms with Gasteiger partial charge in [0.1, 0.15) is 0 Å². The Bertz CT molecular complexity index is 411. The van der Waals surface area contributed by atoms with E-state index < -0.39 is 4.92 Å². The van der Waals surface area contributed by atoms with Gasteiger partial charge < -0.3 is 16.0 Å². The Morgan fingerprint density at radius 1 is 1.26 bits per heavy atom. The lowest BCUT2D eigenvalue weighted by Crippen LogP contribution is -2.35. The molecule has 106 valence electrons. The van der Waals surface area contributed by atoms with Gasteiger partial charge in [0, 0.05) is 30.9 Å². The molecule has 0 bridgehead atoms. The molecule has 0 radical (unpaired) electrons. The molecule has 0 fully saturated rings. The highest BCUT2D eigenvalue weighted by Crippen LogP contribution is 2.14. The molecule has 0 unspecified atom stereocenters. The number of nitrogens with zero attached hydrogens (tertiary/aromatic N) is 1. The summed E-state index contributed by atoms with van der Waals surface area (Å²) in [5.41, 5.74) is 0.839. The highest BCUT2D eigenvalue weighted by atomic mass is 35.5. The molecule has 0 heterocycles. The maximum Gasteiger partial charge on any atom is 0.269 e. The Morgan fingerprint density at radius 2 is 1.89 bits per heavy atom. The SMILES string of the molecule is CNCC(=O)NCCNc1ccc([N+](=O)[O-])cc1.Cl. The number of rotatable bonds is 7. The summed E-state index contributed by atoms with van der Waals surface area (Å²) in [6.45, 7) is 1.35. The minimum atomic E-state index is -0.443. The molecule has 1 aromatic carbocycles. The van der Waals surface area contributed by atoms with Gasteiger partial charge in [-0.05, 0) is 19.2 Å². The number of non-ortho nitro benzene ring substituents is 1. The first kappa shape index (κ1) is 17.1. The Labute approximate surface area is 117 Å². The number of hydrogen-bond donors (Lipinski definition) is 3. The molecule has 8 heteroatoms.